The number of fused-ring (bicyclic) bond motifs is 1. The Bertz CT molecular complexity index is 1230. The van der Waals surface area contributed by atoms with E-state index in [1.165, 1.54) is 0 Å². The summed E-state index contributed by atoms with van der Waals surface area (Å²) >= 11 is 0. The lowest BCUT2D eigenvalue weighted by Crippen LogP contribution is -2.38. The van der Waals surface area contributed by atoms with E-state index in [1.54, 1.807) is 30.2 Å². The molecule has 34 heavy (non-hydrogen) atoms. The molecule has 0 bridgehead atoms. The van der Waals surface area contributed by atoms with Gasteiger partial charge in [-0.15, -0.1) is 0 Å². The van der Waals surface area contributed by atoms with Crippen LogP contribution in [0.15, 0.2) is 72.3 Å². The van der Waals surface area contributed by atoms with E-state index in [0.717, 1.165) is 29.4 Å². The number of nitrogens with zero attached hydrogens (tertiary/aromatic N) is 2. The zero-order valence-electron chi connectivity index (χ0n) is 19.8. The number of amides is 1. The van der Waals surface area contributed by atoms with Crippen molar-refractivity contribution in [3.63, 3.8) is 0 Å². The van der Waals surface area contributed by atoms with Crippen LogP contribution in [0, 0.1) is 0 Å². The third-order valence-corrected chi connectivity index (χ3v) is 6.55. The van der Waals surface area contributed by atoms with Gasteiger partial charge >= 0.3 is 0 Å². The minimum atomic E-state index is -0.673. The molecule has 0 saturated carbocycles. The Labute approximate surface area is 200 Å². The van der Waals surface area contributed by atoms with Gasteiger partial charge in [0.05, 0.1) is 18.7 Å². The van der Waals surface area contributed by atoms with Gasteiger partial charge in [0.25, 0.3) is 11.7 Å². The molecule has 1 saturated heterocycles. The fraction of sp³-hybridized carbons (Fsp3) is 0.286. The van der Waals surface area contributed by atoms with Gasteiger partial charge in [-0.25, -0.2) is 0 Å². The first-order chi connectivity index (χ1) is 16.5. The highest BCUT2D eigenvalue weighted by Gasteiger charge is 2.46. The maximum absolute atomic E-state index is 13.2. The molecule has 1 unspecified atom stereocenters. The van der Waals surface area contributed by atoms with E-state index in [-0.39, 0.29) is 11.3 Å². The highest BCUT2D eigenvalue weighted by molar-refractivity contribution is 6.46. The fourth-order valence-corrected chi connectivity index (χ4v) is 4.52. The largest absolute Gasteiger partial charge is 0.507 e. The van der Waals surface area contributed by atoms with Crippen molar-refractivity contribution in [3.05, 3.63) is 83.4 Å². The predicted octanol–water partition coefficient (Wildman–Crippen LogP) is 4.61. The maximum Gasteiger partial charge on any atom is 0.295 e. The lowest BCUT2D eigenvalue weighted by Gasteiger charge is -2.28. The van der Waals surface area contributed by atoms with E-state index in [1.807, 2.05) is 48.5 Å². The molecule has 0 aliphatic carbocycles. The number of rotatable bonds is 8. The molecule has 1 heterocycles. The normalized spacial score (nSPS) is 17.6. The van der Waals surface area contributed by atoms with Gasteiger partial charge in [0.2, 0.25) is 0 Å². The summed E-state index contributed by atoms with van der Waals surface area (Å²) in [7, 11) is 1.59. The minimum absolute atomic E-state index is 0.116. The van der Waals surface area contributed by atoms with Gasteiger partial charge in [-0.2, -0.15) is 0 Å². The highest BCUT2D eigenvalue weighted by Crippen LogP contribution is 2.40. The van der Waals surface area contributed by atoms with E-state index in [4.69, 9.17) is 4.74 Å². The summed E-state index contributed by atoms with van der Waals surface area (Å²) in [5, 5.41) is 13.3. The second kappa shape index (κ2) is 10.1. The van der Waals surface area contributed by atoms with Crippen LogP contribution in [0.5, 0.6) is 5.75 Å². The molecular formula is C28H30N2O4. The van der Waals surface area contributed by atoms with Crippen molar-refractivity contribution in [1.29, 1.82) is 0 Å². The van der Waals surface area contributed by atoms with Crippen molar-refractivity contribution in [2.24, 2.45) is 0 Å². The van der Waals surface area contributed by atoms with Crippen molar-refractivity contribution in [2.75, 3.05) is 33.3 Å². The Morgan fingerprint density at radius 1 is 0.971 bits per heavy atom. The first kappa shape index (κ1) is 23.5. The lowest BCUT2D eigenvalue weighted by atomic mass is 9.94. The summed E-state index contributed by atoms with van der Waals surface area (Å²) in [4.78, 5) is 30.2. The number of likely N-dealkylation sites (tertiary alicyclic amines) is 1. The molecule has 6 nitrogen and oxygen atoms in total. The molecule has 6 heteroatoms. The Balaban J connectivity index is 1.81. The zero-order valence-corrected chi connectivity index (χ0v) is 19.8. The molecule has 1 aliphatic rings. The van der Waals surface area contributed by atoms with Gasteiger partial charge < -0.3 is 19.6 Å². The van der Waals surface area contributed by atoms with E-state index in [2.05, 4.69) is 18.7 Å². The van der Waals surface area contributed by atoms with Crippen molar-refractivity contribution in [3.8, 4) is 5.75 Å². The molecule has 0 radical (unpaired) electrons. The van der Waals surface area contributed by atoms with Gasteiger partial charge in [-0.05, 0) is 47.6 Å². The van der Waals surface area contributed by atoms with E-state index in [9.17, 15) is 14.7 Å². The Hall–Kier alpha value is -3.64. The SMILES string of the molecule is CCN(CC)CCN1C(=O)C(=O)/C(=C(\O)c2ccc3ccccc3c2)C1c1ccc(OC)cc1. The van der Waals surface area contributed by atoms with E-state index in [0.29, 0.717) is 24.4 Å². The molecular weight excluding hydrogens is 428 g/mol. The molecule has 1 fully saturated rings. The number of ether oxygens (including phenoxy) is 1. The average Bonchev–Trinajstić information content (AvgIpc) is 3.13. The standard InChI is InChI=1S/C28H30N2O4/c1-4-29(5-2)16-17-30-25(20-12-14-23(34-3)15-13-20)24(27(32)28(30)33)26(31)22-11-10-19-8-6-7-9-21(19)18-22/h6-15,18,25,31H,4-5,16-17H2,1-3H3/b26-24-. The van der Waals surface area contributed by atoms with E-state index >= 15 is 0 Å². The number of aliphatic hydroxyl groups is 1. The van der Waals surface area contributed by atoms with Gasteiger partial charge in [0.1, 0.15) is 11.5 Å². The van der Waals surface area contributed by atoms with Crippen LogP contribution in [0.3, 0.4) is 0 Å². The number of likely N-dealkylation sites (N-methyl/N-ethyl adjacent to an activating group) is 1. The summed E-state index contributed by atoms with van der Waals surface area (Å²) in [6, 6.07) is 20.0. The number of methoxy groups -OCH3 is 1. The topological polar surface area (TPSA) is 70.1 Å². The number of carbonyl (C=O) groups excluding carboxylic acids is 2. The summed E-state index contributed by atoms with van der Waals surface area (Å²) in [5.41, 5.74) is 1.38. The molecule has 176 valence electrons. The average molecular weight is 459 g/mol. The van der Waals surface area contributed by atoms with Crippen LogP contribution in [0.1, 0.15) is 31.0 Å². The first-order valence-electron chi connectivity index (χ1n) is 11.6. The molecule has 0 spiro atoms. The molecule has 1 aliphatic heterocycles. The number of ketones is 1. The molecule has 1 atom stereocenters. The van der Waals surface area contributed by atoms with Crippen LogP contribution >= 0.6 is 0 Å². The number of benzene rings is 3. The summed E-state index contributed by atoms with van der Waals surface area (Å²) < 4.78 is 5.28. The monoisotopic (exact) mass is 458 g/mol. The third kappa shape index (κ3) is 4.41. The van der Waals surface area contributed by atoms with Crippen molar-refractivity contribution in [1.82, 2.24) is 9.80 Å². The van der Waals surface area contributed by atoms with Gasteiger partial charge in [0.15, 0.2) is 0 Å². The first-order valence-corrected chi connectivity index (χ1v) is 11.6. The third-order valence-electron chi connectivity index (χ3n) is 6.55. The van der Waals surface area contributed by atoms with Crippen LogP contribution in [-0.4, -0.2) is 59.9 Å². The van der Waals surface area contributed by atoms with Gasteiger partial charge in [-0.1, -0.05) is 62.4 Å². The smallest absolute Gasteiger partial charge is 0.295 e. The number of Topliss-reactive ketones (excluding diaryl/α,β-unsaturated/α-hetero) is 1. The molecule has 0 aromatic heterocycles. The Morgan fingerprint density at radius 3 is 2.29 bits per heavy atom. The minimum Gasteiger partial charge on any atom is -0.507 e. The Kier molecular flexibility index (Phi) is 6.98. The van der Waals surface area contributed by atoms with Crippen molar-refractivity contribution in [2.45, 2.75) is 19.9 Å². The van der Waals surface area contributed by atoms with Crippen LogP contribution in [-0.2, 0) is 9.59 Å². The maximum atomic E-state index is 13.2. The summed E-state index contributed by atoms with van der Waals surface area (Å²) in [5.74, 6) is -0.727. The molecule has 3 aromatic rings. The summed E-state index contributed by atoms with van der Waals surface area (Å²) in [6.07, 6.45) is 0. The second-order valence-electron chi connectivity index (χ2n) is 8.35. The summed E-state index contributed by atoms with van der Waals surface area (Å²) in [6.45, 7) is 6.87. The van der Waals surface area contributed by atoms with E-state index < -0.39 is 17.7 Å². The molecule has 1 amide bonds. The quantitative estimate of drug-likeness (QED) is 0.303. The van der Waals surface area contributed by atoms with Crippen LogP contribution < -0.4 is 4.74 Å². The zero-order chi connectivity index (χ0) is 24.2. The second-order valence-corrected chi connectivity index (χ2v) is 8.35. The number of hydrogen-bond donors (Lipinski definition) is 1. The predicted molar refractivity (Wildman–Crippen MR) is 134 cm³/mol. The van der Waals surface area contributed by atoms with Crippen molar-refractivity contribution >= 4 is 28.2 Å². The fourth-order valence-electron chi connectivity index (χ4n) is 4.52. The van der Waals surface area contributed by atoms with Gasteiger partial charge in [0, 0.05) is 18.7 Å². The molecule has 3 aromatic carbocycles. The molecule has 4 rings (SSSR count). The van der Waals surface area contributed by atoms with Crippen LogP contribution in [0.2, 0.25) is 0 Å². The Morgan fingerprint density at radius 2 is 1.65 bits per heavy atom. The van der Waals surface area contributed by atoms with Crippen LogP contribution in [0.4, 0.5) is 0 Å². The lowest BCUT2D eigenvalue weighted by molar-refractivity contribution is -0.140. The number of hydrogen-bond acceptors (Lipinski definition) is 5. The number of aliphatic hydroxyl groups excluding tert-OH is 1. The number of carbonyl (C=O) groups is 2. The van der Waals surface area contributed by atoms with Crippen molar-refractivity contribution < 1.29 is 19.4 Å². The van der Waals surface area contributed by atoms with Gasteiger partial charge in [-0.3, -0.25) is 9.59 Å². The highest BCUT2D eigenvalue weighted by atomic mass is 16.5. The molecule has 1 N–H and O–H groups in total. The van der Waals surface area contributed by atoms with Crippen LogP contribution in [0.25, 0.3) is 16.5 Å².